The predicted molar refractivity (Wildman–Crippen MR) is 246 cm³/mol. The van der Waals surface area contributed by atoms with Gasteiger partial charge in [-0.3, -0.25) is 4.98 Å². The summed E-state index contributed by atoms with van der Waals surface area (Å²) in [7, 11) is 0. The number of nitrogens with zero attached hydrogens (tertiary/aromatic N) is 3. The predicted octanol–water partition coefficient (Wildman–Crippen LogP) is 15.1. The maximum atomic E-state index is 5.21. The molecule has 0 fully saturated rings. The minimum absolute atomic E-state index is 0.257. The van der Waals surface area contributed by atoms with Gasteiger partial charge in [-0.05, 0) is 122 Å². The lowest BCUT2D eigenvalue weighted by molar-refractivity contribution is 0.659. The maximum Gasteiger partial charge on any atom is 0.0710 e. The number of fused-ring (bicyclic) bond motifs is 8. The molecule has 278 valence electrons. The number of aromatic nitrogens is 1. The summed E-state index contributed by atoms with van der Waals surface area (Å²) in [6, 6.07) is 60.1. The van der Waals surface area contributed by atoms with Gasteiger partial charge in [-0.25, -0.2) is 0 Å². The Morgan fingerprint density at radius 2 is 1.16 bits per heavy atom. The lowest BCUT2D eigenvalue weighted by Crippen LogP contribution is -2.23. The van der Waals surface area contributed by atoms with Gasteiger partial charge >= 0.3 is 0 Å². The third-order valence-corrected chi connectivity index (χ3v) is 12.6. The van der Waals surface area contributed by atoms with E-state index in [2.05, 4.69) is 213 Å². The number of pyridine rings is 1. The summed E-state index contributed by atoms with van der Waals surface area (Å²) in [5.74, 6) is 0.365. The Balaban J connectivity index is 1.09. The van der Waals surface area contributed by atoms with Crippen LogP contribution < -0.4 is 9.80 Å². The van der Waals surface area contributed by atoms with E-state index < -0.39 is 0 Å². The monoisotopic (exact) mass is 745 g/mol. The molecule has 0 aliphatic heterocycles. The number of anilines is 5. The van der Waals surface area contributed by atoms with Crippen molar-refractivity contribution in [3.8, 4) is 11.1 Å². The molecule has 0 spiro atoms. The van der Waals surface area contributed by atoms with Crippen LogP contribution >= 0.6 is 0 Å². The fourth-order valence-corrected chi connectivity index (χ4v) is 9.59. The minimum Gasteiger partial charge on any atom is -0.313 e. The summed E-state index contributed by atoms with van der Waals surface area (Å²) >= 11 is 0. The third kappa shape index (κ3) is 5.45. The summed E-state index contributed by atoms with van der Waals surface area (Å²) in [6.45, 7) is 7.15. The van der Waals surface area contributed by atoms with Gasteiger partial charge in [0, 0.05) is 44.9 Å². The van der Waals surface area contributed by atoms with Crippen molar-refractivity contribution in [3.05, 3.63) is 205 Å². The molecule has 8 aromatic carbocycles. The Bertz CT molecular complexity index is 3150. The molecule has 3 heteroatoms. The zero-order valence-corrected chi connectivity index (χ0v) is 33.0. The van der Waals surface area contributed by atoms with Gasteiger partial charge in [-0.1, -0.05) is 136 Å². The molecule has 2 aliphatic rings. The summed E-state index contributed by atoms with van der Waals surface area (Å²) in [6.07, 6.45) is 9.88. The van der Waals surface area contributed by atoms with Gasteiger partial charge in [-0.2, -0.15) is 0 Å². The second-order valence-corrected chi connectivity index (χ2v) is 16.5. The van der Waals surface area contributed by atoms with E-state index >= 15 is 0 Å². The van der Waals surface area contributed by atoms with Crippen LogP contribution in [-0.2, 0) is 5.41 Å². The second-order valence-electron chi connectivity index (χ2n) is 16.5. The summed E-state index contributed by atoms with van der Waals surface area (Å²) in [5, 5.41) is 8.59. The van der Waals surface area contributed by atoms with Crippen molar-refractivity contribution in [2.75, 3.05) is 9.80 Å². The van der Waals surface area contributed by atoms with Gasteiger partial charge in [0.05, 0.1) is 23.1 Å². The average Bonchev–Trinajstić information content (AvgIpc) is 3.48. The van der Waals surface area contributed by atoms with E-state index in [0.29, 0.717) is 5.92 Å². The number of hydrogen-bond donors (Lipinski definition) is 0. The first-order chi connectivity index (χ1) is 28.4. The van der Waals surface area contributed by atoms with Crippen LogP contribution in [0.5, 0.6) is 0 Å². The van der Waals surface area contributed by atoms with Crippen molar-refractivity contribution in [2.45, 2.75) is 32.6 Å². The van der Waals surface area contributed by atoms with E-state index in [1.54, 1.807) is 0 Å². The molecule has 0 N–H and O–H groups in total. The van der Waals surface area contributed by atoms with Gasteiger partial charge in [0.2, 0.25) is 0 Å². The highest BCUT2D eigenvalue weighted by atomic mass is 15.2. The molecular weight excluding hydrogens is 703 g/mol. The molecule has 0 bridgehead atoms. The van der Waals surface area contributed by atoms with E-state index in [9.17, 15) is 0 Å². The highest BCUT2D eigenvalue weighted by molar-refractivity contribution is 6.11. The molecular formula is C55H43N3. The van der Waals surface area contributed by atoms with E-state index in [4.69, 9.17) is 4.98 Å². The first kappa shape index (κ1) is 34.3. The Labute approximate surface area is 339 Å². The van der Waals surface area contributed by atoms with Crippen molar-refractivity contribution in [1.29, 1.82) is 0 Å². The number of rotatable bonds is 6. The van der Waals surface area contributed by atoms with Gasteiger partial charge in [-0.15, -0.1) is 0 Å². The molecule has 3 nitrogen and oxygen atoms in total. The van der Waals surface area contributed by atoms with Crippen molar-refractivity contribution < 1.29 is 0 Å². The summed E-state index contributed by atoms with van der Waals surface area (Å²) < 4.78 is 0. The molecule has 2 aliphatic carbocycles. The lowest BCUT2D eigenvalue weighted by atomic mass is 9.81. The summed E-state index contributed by atoms with van der Waals surface area (Å²) in [5.41, 5.74) is 13.0. The second kappa shape index (κ2) is 13.3. The molecule has 58 heavy (non-hydrogen) atoms. The lowest BCUT2D eigenvalue weighted by Gasteiger charge is -2.34. The molecule has 0 radical (unpaired) electrons. The van der Waals surface area contributed by atoms with E-state index in [0.717, 1.165) is 34.4 Å². The highest BCUT2D eigenvalue weighted by Gasteiger charge is 2.39. The molecule has 1 unspecified atom stereocenters. The van der Waals surface area contributed by atoms with Crippen molar-refractivity contribution in [1.82, 2.24) is 4.98 Å². The van der Waals surface area contributed by atoms with E-state index in [1.165, 1.54) is 71.6 Å². The summed E-state index contributed by atoms with van der Waals surface area (Å²) in [4.78, 5) is 10.1. The fourth-order valence-electron chi connectivity index (χ4n) is 9.59. The van der Waals surface area contributed by atoms with Crippen LogP contribution in [0.4, 0.5) is 28.4 Å². The number of hydrogen-bond acceptors (Lipinski definition) is 3. The molecule has 1 atom stereocenters. The van der Waals surface area contributed by atoms with Crippen molar-refractivity contribution in [3.63, 3.8) is 0 Å². The third-order valence-electron chi connectivity index (χ3n) is 12.6. The first-order valence-electron chi connectivity index (χ1n) is 20.4. The van der Waals surface area contributed by atoms with Crippen LogP contribution in [0.25, 0.3) is 54.3 Å². The molecule has 0 saturated carbocycles. The van der Waals surface area contributed by atoms with Crippen LogP contribution in [0.2, 0.25) is 0 Å². The molecule has 1 aromatic heterocycles. The quantitative estimate of drug-likeness (QED) is 0.169. The molecule has 9 aromatic rings. The minimum atomic E-state index is -0.257. The number of allylic oxidation sites excluding steroid dienone is 4. The van der Waals surface area contributed by atoms with Gasteiger partial charge in [0.25, 0.3) is 0 Å². The van der Waals surface area contributed by atoms with Crippen molar-refractivity contribution in [2.24, 2.45) is 5.92 Å². The van der Waals surface area contributed by atoms with Gasteiger partial charge in [0.1, 0.15) is 0 Å². The molecule has 0 saturated heterocycles. The van der Waals surface area contributed by atoms with Crippen LogP contribution in [0.1, 0.15) is 38.3 Å². The first-order valence-corrected chi connectivity index (χ1v) is 20.4. The maximum absolute atomic E-state index is 5.21. The zero-order valence-electron chi connectivity index (χ0n) is 33.0. The standard InChI is InChI=1S/C55H43N3/c1-36-15-7-14-24-52(36)58(44-28-26-38-17-9-11-19-40(38)30-44)53-34-50-54(47-23-13-12-22-46(47)53)48-33-51-41(32-49(48)55(50,2)3)31-45(35-56-51)57(42-20-5-4-6-21-42)43-27-25-37-16-8-10-18-39(37)29-43/h4-14,16-36H,15H2,1-3H3. The van der Waals surface area contributed by atoms with Gasteiger partial charge in [0.15, 0.2) is 0 Å². The largest absolute Gasteiger partial charge is 0.313 e. The normalized spacial score (nSPS) is 15.4. The SMILES string of the molecule is CC1CC=CC=C1N(c1ccc2ccccc2c1)c1cc2c(c3ccccc13)-c1cc3ncc(N(c4ccccc4)c4ccc5ccccc5c4)cc3cc1C2(C)C. The fraction of sp³-hybridized carbons (Fsp3) is 0.109. The van der Waals surface area contributed by atoms with Crippen LogP contribution in [0.3, 0.4) is 0 Å². The Hall–Kier alpha value is -6.97. The van der Waals surface area contributed by atoms with Crippen LogP contribution in [0.15, 0.2) is 194 Å². The van der Waals surface area contributed by atoms with E-state index in [1.807, 2.05) is 6.20 Å². The smallest absolute Gasteiger partial charge is 0.0710 e. The molecule has 11 rings (SSSR count). The number of para-hydroxylation sites is 1. The Kier molecular flexibility index (Phi) is 7.87. The highest BCUT2D eigenvalue weighted by Crippen LogP contribution is 2.55. The zero-order chi connectivity index (χ0) is 39.0. The topological polar surface area (TPSA) is 19.4 Å². The van der Waals surface area contributed by atoms with E-state index in [-0.39, 0.29) is 5.41 Å². The Morgan fingerprint density at radius 3 is 1.86 bits per heavy atom. The molecule has 1 heterocycles. The average molecular weight is 746 g/mol. The van der Waals surface area contributed by atoms with Crippen LogP contribution in [0, 0.1) is 5.92 Å². The van der Waals surface area contributed by atoms with Crippen molar-refractivity contribution >= 4 is 71.7 Å². The van der Waals surface area contributed by atoms with Gasteiger partial charge < -0.3 is 9.80 Å². The molecule has 0 amide bonds. The Morgan fingerprint density at radius 1 is 0.534 bits per heavy atom. The van der Waals surface area contributed by atoms with Crippen LogP contribution in [-0.4, -0.2) is 4.98 Å². The number of benzene rings is 8.